The van der Waals surface area contributed by atoms with Crippen LogP contribution in [0.3, 0.4) is 0 Å². The van der Waals surface area contributed by atoms with E-state index in [0.29, 0.717) is 35.9 Å². The normalized spacial score (nSPS) is 16.0. The second-order valence-corrected chi connectivity index (χ2v) is 10.3. The summed E-state index contributed by atoms with van der Waals surface area (Å²) in [6.45, 7) is 6.09. The molecule has 0 aromatic heterocycles. The Kier molecular flexibility index (Phi) is 8.35. The first-order valence-corrected chi connectivity index (χ1v) is 13.9. The molecule has 0 unspecified atom stereocenters. The topological polar surface area (TPSA) is 86.4 Å². The van der Waals surface area contributed by atoms with Crippen molar-refractivity contribution >= 4 is 23.5 Å². The smallest absolute Gasteiger partial charge is 0.256 e. The summed E-state index contributed by atoms with van der Waals surface area (Å²) in [6, 6.07) is 17.3. The minimum absolute atomic E-state index is 0.0795. The average Bonchev–Trinajstić information content (AvgIpc) is 3.36. The molecule has 0 aliphatic carbocycles. The number of benzene rings is 3. The summed E-state index contributed by atoms with van der Waals surface area (Å²) in [5, 5.41) is 0. The summed E-state index contributed by atoms with van der Waals surface area (Å²) in [5.41, 5.74) is 10.2. The highest BCUT2D eigenvalue weighted by Gasteiger charge is 2.32. The van der Waals surface area contributed by atoms with Crippen LogP contribution in [0.4, 0.5) is 11.4 Å². The largest absolute Gasteiger partial charge is 0.493 e. The van der Waals surface area contributed by atoms with Gasteiger partial charge in [-0.15, -0.1) is 0 Å². The predicted octanol–water partition coefficient (Wildman–Crippen LogP) is 7.02. The Balaban J connectivity index is 1.03. The average molecular weight is 528 g/mol. The third-order valence-corrected chi connectivity index (χ3v) is 7.27. The Morgan fingerprint density at radius 3 is 2.44 bits per heavy atom. The quantitative estimate of drug-likeness (QED) is 0.214. The molecule has 7 heteroatoms. The van der Waals surface area contributed by atoms with Gasteiger partial charge >= 0.3 is 0 Å². The first kappa shape index (κ1) is 26.6. The molecule has 1 fully saturated rings. The van der Waals surface area contributed by atoms with Crippen molar-refractivity contribution in [1.29, 1.82) is 0 Å². The molecule has 2 aliphatic rings. The number of anilines is 1. The third kappa shape index (κ3) is 6.53. The Morgan fingerprint density at radius 2 is 1.64 bits per heavy atom. The van der Waals surface area contributed by atoms with Crippen LogP contribution < -0.4 is 19.9 Å². The third-order valence-electron chi connectivity index (χ3n) is 7.27. The van der Waals surface area contributed by atoms with E-state index in [0.717, 1.165) is 67.9 Å². The highest BCUT2D eigenvalue weighted by Crippen LogP contribution is 2.34. The number of hydrogen-bond donors (Lipinski definition) is 1. The number of rotatable bonds is 11. The maximum Gasteiger partial charge on any atom is 0.256 e. The van der Waals surface area contributed by atoms with Gasteiger partial charge in [0.15, 0.2) is 5.75 Å². The second kappa shape index (κ2) is 12.2. The van der Waals surface area contributed by atoms with Crippen molar-refractivity contribution in [2.24, 2.45) is 4.99 Å². The van der Waals surface area contributed by atoms with Crippen molar-refractivity contribution in [2.75, 3.05) is 25.5 Å². The van der Waals surface area contributed by atoms with Gasteiger partial charge in [-0.3, -0.25) is 9.79 Å². The molecule has 2 aliphatic heterocycles. The molecule has 0 spiro atoms. The van der Waals surface area contributed by atoms with Gasteiger partial charge in [-0.2, -0.15) is 0 Å². The highest BCUT2D eigenvalue weighted by atomic mass is 16.5. The summed E-state index contributed by atoms with van der Waals surface area (Å²) in [6.07, 6.45) is 7.93. The number of hydrogen-bond acceptors (Lipinski definition) is 6. The summed E-state index contributed by atoms with van der Waals surface area (Å²) in [4.78, 5) is 19.5. The molecular formula is C32H37N3O4. The number of amides is 1. The lowest BCUT2D eigenvalue weighted by Gasteiger charge is -2.20. The van der Waals surface area contributed by atoms with Crippen molar-refractivity contribution in [1.82, 2.24) is 4.90 Å². The summed E-state index contributed by atoms with van der Waals surface area (Å²) in [7, 11) is 0. The number of nitrogens with two attached hydrogens (primary N) is 1. The van der Waals surface area contributed by atoms with Gasteiger partial charge in [0.1, 0.15) is 17.2 Å². The van der Waals surface area contributed by atoms with Gasteiger partial charge in [-0.1, -0.05) is 17.7 Å². The van der Waals surface area contributed by atoms with Crippen LogP contribution in [0.15, 0.2) is 59.6 Å². The minimum atomic E-state index is 0.0795. The first-order valence-electron chi connectivity index (χ1n) is 13.9. The van der Waals surface area contributed by atoms with Crippen molar-refractivity contribution in [3.63, 3.8) is 0 Å². The number of nitrogens with zero attached hydrogens (tertiary/aromatic N) is 2. The first-order chi connectivity index (χ1) is 19.0. The Morgan fingerprint density at radius 1 is 0.897 bits per heavy atom. The van der Waals surface area contributed by atoms with Gasteiger partial charge in [-0.25, -0.2) is 0 Å². The van der Waals surface area contributed by atoms with Crippen LogP contribution in [0.5, 0.6) is 23.0 Å². The van der Waals surface area contributed by atoms with Crippen LogP contribution in [-0.2, 0) is 0 Å². The highest BCUT2D eigenvalue weighted by molar-refractivity contribution is 6.03. The van der Waals surface area contributed by atoms with Crippen molar-refractivity contribution in [3.05, 3.63) is 71.3 Å². The number of aliphatic imine (C=N–C) groups is 1. The minimum Gasteiger partial charge on any atom is -0.493 e. The standard InChI is InChI=1S/C32H37N3O4/c1-22-9-11-25(12-10-22)39-31-19-26(13-14-28(31)33)37-16-5-3-4-6-17-38-30-20-29-27(18-23(30)2)32(36)35-15-7-8-24(35)21-34-29/h9-14,18-21,24H,3-8,15-17,33H2,1-2H3/t24-/m0/s1. The molecule has 7 nitrogen and oxygen atoms in total. The van der Waals surface area contributed by atoms with Crippen molar-refractivity contribution in [2.45, 2.75) is 58.4 Å². The van der Waals surface area contributed by atoms with E-state index in [2.05, 4.69) is 4.99 Å². The van der Waals surface area contributed by atoms with Gasteiger partial charge in [0, 0.05) is 24.9 Å². The van der Waals surface area contributed by atoms with Gasteiger partial charge in [0.05, 0.1) is 36.2 Å². The predicted molar refractivity (Wildman–Crippen MR) is 155 cm³/mol. The Labute approximate surface area is 230 Å². The molecule has 0 bridgehead atoms. The lowest BCUT2D eigenvalue weighted by atomic mass is 10.1. The molecular weight excluding hydrogens is 490 g/mol. The van der Waals surface area contributed by atoms with Gasteiger partial charge in [-0.05, 0) is 88.3 Å². The van der Waals surface area contributed by atoms with Crippen LogP contribution in [0.2, 0.25) is 0 Å². The number of aryl methyl sites for hydroxylation is 2. The van der Waals surface area contributed by atoms with E-state index < -0.39 is 0 Å². The second-order valence-electron chi connectivity index (χ2n) is 10.3. The Bertz CT molecular complexity index is 1340. The number of carbonyl (C=O) groups is 1. The lowest BCUT2D eigenvalue weighted by molar-refractivity contribution is 0.0774. The van der Waals surface area contributed by atoms with Crippen LogP contribution >= 0.6 is 0 Å². The van der Waals surface area contributed by atoms with Gasteiger partial charge in [0.25, 0.3) is 5.91 Å². The molecule has 1 amide bonds. The molecule has 204 valence electrons. The monoisotopic (exact) mass is 527 g/mol. The molecule has 3 aromatic carbocycles. The molecule has 39 heavy (non-hydrogen) atoms. The molecule has 1 atom stereocenters. The summed E-state index contributed by atoms with van der Waals surface area (Å²) in [5.74, 6) is 2.97. The van der Waals surface area contributed by atoms with Crippen LogP contribution in [-0.4, -0.2) is 42.8 Å². The SMILES string of the molecule is Cc1ccc(Oc2cc(OCCCCCCOc3cc4c(cc3C)C(=O)N3CCC[C@H]3C=N4)ccc2N)cc1. The fourth-order valence-corrected chi connectivity index (χ4v) is 4.99. The lowest BCUT2D eigenvalue weighted by Crippen LogP contribution is -2.35. The maximum absolute atomic E-state index is 13.0. The number of nitrogen functional groups attached to an aromatic ring is 1. The van der Waals surface area contributed by atoms with E-state index >= 15 is 0 Å². The maximum atomic E-state index is 13.0. The molecule has 2 N–H and O–H groups in total. The molecule has 2 heterocycles. The van der Waals surface area contributed by atoms with Gasteiger partial charge < -0.3 is 24.8 Å². The van der Waals surface area contributed by atoms with Gasteiger partial charge in [0.2, 0.25) is 0 Å². The number of ether oxygens (including phenoxy) is 3. The summed E-state index contributed by atoms with van der Waals surface area (Å²) < 4.78 is 17.9. The van der Waals surface area contributed by atoms with E-state index in [1.165, 1.54) is 5.56 Å². The van der Waals surface area contributed by atoms with E-state index in [1.807, 2.05) is 79.6 Å². The fourth-order valence-electron chi connectivity index (χ4n) is 4.99. The van der Waals surface area contributed by atoms with Crippen LogP contribution in [0.25, 0.3) is 0 Å². The van der Waals surface area contributed by atoms with E-state index in [9.17, 15) is 4.79 Å². The Hall–Kier alpha value is -4.00. The van der Waals surface area contributed by atoms with E-state index in [4.69, 9.17) is 19.9 Å². The molecule has 3 aromatic rings. The van der Waals surface area contributed by atoms with Crippen LogP contribution in [0, 0.1) is 13.8 Å². The summed E-state index contributed by atoms with van der Waals surface area (Å²) >= 11 is 0. The fraction of sp³-hybridized carbons (Fsp3) is 0.375. The number of unbranched alkanes of at least 4 members (excludes halogenated alkanes) is 3. The number of fused-ring (bicyclic) bond motifs is 2. The molecule has 0 radical (unpaired) electrons. The van der Waals surface area contributed by atoms with Crippen molar-refractivity contribution in [3.8, 4) is 23.0 Å². The zero-order chi connectivity index (χ0) is 27.2. The zero-order valence-corrected chi connectivity index (χ0v) is 22.8. The molecule has 5 rings (SSSR count). The zero-order valence-electron chi connectivity index (χ0n) is 22.8. The molecule has 1 saturated heterocycles. The van der Waals surface area contributed by atoms with Crippen LogP contribution in [0.1, 0.15) is 60.0 Å². The number of carbonyl (C=O) groups excluding carboxylic acids is 1. The van der Waals surface area contributed by atoms with E-state index in [1.54, 1.807) is 0 Å². The van der Waals surface area contributed by atoms with Crippen molar-refractivity contribution < 1.29 is 19.0 Å². The van der Waals surface area contributed by atoms with E-state index in [-0.39, 0.29) is 11.9 Å². The molecule has 0 saturated carbocycles.